The van der Waals surface area contributed by atoms with Crippen LogP contribution in [-0.4, -0.2) is 42.5 Å². The normalized spacial score (nSPS) is 16.9. The summed E-state index contributed by atoms with van der Waals surface area (Å²) in [5.74, 6) is 0.291. The molecule has 1 aromatic rings. The van der Waals surface area contributed by atoms with Crippen LogP contribution in [0.25, 0.3) is 0 Å². The fourth-order valence-corrected chi connectivity index (χ4v) is 3.08. The first-order chi connectivity index (χ1) is 10.1. The summed E-state index contributed by atoms with van der Waals surface area (Å²) in [5.41, 5.74) is 1.61. The molecule has 0 radical (unpaired) electrons. The van der Waals surface area contributed by atoms with Crippen LogP contribution in [0, 0.1) is 10.1 Å². The molecule has 1 aliphatic heterocycles. The lowest BCUT2D eigenvalue weighted by atomic mass is 10.0. The number of benzene rings is 1. The Labute approximate surface area is 130 Å². The molecule has 0 aliphatic carbocycles. The van der Waals surface area contributed by atoms with Gasteiger partial charge in [-0.2, -0.15) is 0 Å². The molecule has 1 aromatic carbocycles. The van der Waals surface area contributed by atoms with Gasteiger partial charge >= 0.3 is 0 Å². The number of hydrogen-bond donors (Lipinski definition) is 0. The first kappa shape index (κ1) is 16.0. The van der Waals surface area contributed by atoms with Gasteiger partial charge in [0.15, 0.2) is 0 Å². The number of anilines is 1. The third-order valence-electron chi connectivity index (χ3n) is 4.32. The summed E-state index contributed by atoms with van der Waals surface area (Å²) in [4.78, 5) is 15.5. The Kier molecular flexibility index (Phi) is 5.42. The predicted octanol–water partition coefficient (Wildman–Crippen LogP) is 3.25. The molecule has 0 saturated carbocycles. The van der Waals surface area contributed by atoms with Crippen molar-refractivity contribution in [1.29, 1.82) is 0 Å². The van der Waals surface area contributed by atoms with Gasteiger partial charge in [0.1, 0.15) is 5.69 Å². The highest BCUT2D eigenvalue weighted by Gasteiger charge is 2.26. The van der Waals surface area contributed by atoms with E-state index in [1.165, 1.54) is 0 Å². The fourth-order valence-electron chi connectivity index (χ4n) is 2.92. The van der Waals surface area contributed by atoms with Crippen LogP contribution >= 0.6 is 11.6 Å². The van der Waals surface area contributed by atoms with Crippen molar-refractivity contribution in [1.82, 2.24) is 4.90 Å². The lowest BCUT2D eigenvalue weighted by Crippen LogP contribution is -2.43. The third kappa shape index (κ3) is 3.66. The number of halogens is 1. The number of alkyl halides is 1. The lowest BCUT2D eigenvalue weighted by Gasteiger charge is -2.37. The molecule has 116 valence electrons. The molecule has 21 heavy (non-hydrogen) atoms. The fraction of sp³-hybridized carbons (Fsp3) is 0.600. The Morgan fingerprint density at radius 3 is 2.62 bits per heavy atom. The molecule has 2 rings (SSSR count). The summed E-state index contributed by atoms with van der Waals surface area (Å²) >= 11 is 5.77. The minimum absolute atomic E-state index is 0.147. The Morgan fingerprint density at radius 1 is 1.43 bits per heavy atom. The summed E-state index contributed by atoms with van der Waals surface area (Å²) in [6.45, 7) is 5.35. The van der Waals surface area contributed by atoms with E-state index >= 15 is 0 Å². The van der Waals surface area contributed by atoms with Crippen molar-refractivity contribution in [3.8, 4) is 0 Å². The Balaban J connectivity index is 2.19. The second kappa shape index (κ2) is 7.09. The molecule has 0 unspecified atom stereocenters. The zero-order valence-electron chi connectivity index (χ0n) is 12.6. The van der Waals surface area contributed by atoms with Crippen LogP contribution in [0.2, 0.25) is 0 Å². The highest BCUT2D eigenvalue weighted by atomic mass is 35.5. The molecule has 0 spiro atoms. The topological polar surface area (TPSA) is 49.6 Å². The minimum atomic E-state index is -0.316. The largest absolute Gasteiger partial charge is 0.366 e. The molecule has 0 aromatic heterocycles. The maximum Gasteiger partial charge on any atom is 0.292 e. The van der Waals surface area contributed by atoms with E-state index in [1.807, 2.05) is 19.2 Å². The Morgan fingerprint density at radius 2 is 2.10 bits per heavy atom. The minimum Gasteiger partial charge on any atom is -0.366 e. The predicted molar refractivity (Wildman–Crippen MR) is 86.2 cm³/mol. The van der Waals surface area contributed by atoms with Crippen molar-refractivity contribution in [3.63, 3.8) is 0 Å². The van der Waals surface area contributed by atoms with Crippen LogP contribution in [0.4, 0.5) is 11.4 Å². The van der Waals surface area contributed by atoms with E-state index in [2.05, 4.69) is 16.7 Å². The van der Waals surface area contributed by atoms with Gasteiger partial charge in [-0.05, 0) is 31.0 Å². The zero-order valence-corrected chi connectivity index (χ0v) is 13.3. The van der Waals surface area contributed by atoms with Gasteiger partial charge in [0.05, 0.1) is 4.92 Å². The number of nitro benzene ring substituents is 1. The quantitative estimate of drug-likeness (QED) is 0.476. The molecule has 0 N–H and O–H groups in total. The molecule has 5 nitrogen and oxygen atoms in total. The van der Waals surface area contributed by atoms with Gasteiger partial charge in [0.25, 0.3) is 5.69 Å². The highest BCUT2D eigenvalue weighted by molar-refractivity contribution is 6.17. The molecular formula is C15H22ClN3O2. The number of nitrogens with zero attached hydrogens (tertiary/aromatic N) is 3. The standard InChI is InChI=1S/C15H22ClN3O2/c1-3-18-8-6-13(7-9-18)17(2)14-5-4-12(11-16)10-15(14)19(20)21/h4-5,10,13H,3,6-9,11H2,1-2H3. The summed E-state index contributed by atoms with van der Waals surface area (Å²) in [7, 11) is 1.95. The maximum atomic E-state index is 11.3. The summed E-state index contributed by atoms with van der Waals surface area (Å²) in [6, 6.07) is 5.63. The molecule has 0 amide bonds. The zero-order chi connectivity index (χ0) is 15.4. The average molecular weight is 312 g/mol. The summed E-state index contributed by atoms with van der Waals surface area (Å²) < 4.78 is 0. The third-order valence-corrected chi connectivity index (χ3v) is 4.63. The molecule has 1 saturated heterocycles. The van der Waals surface area contributed by atoms with Gasteiger partial charge in [0.2, 0.25) is 0 Å². The van der Waals surface area contributed by atoms with Crippen molar-refractivity contribution in [2.24, 2.45) is 0 Å². The SMILES string of the molecule is CCN1CCC(N(C)c2ccc(CCl)cc2[N+](=O)[O-])CC1. The first-order valence-corrected chi connectivity index (χ1v) is 7.88. The van der Waals surface area contributed by atoms with Crippen LogP contribution in [0.5, 0.6) is 0 Å². The molecule has 0 atom stereocenters. The Hall–Kier alpha value is -1.33. The van der Waals surface area contributed by atoms with E-state index in [-0.39, 0.29) is 10.6 Å². The van der Waals surface area contributed by atoms with Crippen LogP contribution in [0.1, 0.15) is 25.3 Å². The first-order valence-electron chi connectivity index (χ1n) is 7.35. The van der Waals surface area contributed by atoms with Gasteiger partial charge in [-0.25, -0.2) is 0 Å². The van der Waals surface area contributed by atoms with Crippen LogP contribution < -0.4 is 4.90 Å². The maximum absolute atomic E-state index is 11.3. The van der Waals surface area contributed by atoms with Crippen molar-refractivity contribution < 1.29 is 4.92 Å². The van der Waals surface area contributed by atoms with E-state index in [1.54, 1.807) is 6.07 Å². The van der Waals surface area contributed by atoms with Crippen molar-refractivity contribution >= 4 is 23.0 Å². The molecule has 0 bridgehead atoms. The molecule has 6 heteroatoms. The molecule has 1 heterocycles. The van der Waals surface area contributed by atoms with E-state index in [0.29, 0.717) is 17.6 Å². The van der Waals surface area contributed by atoms with E-state index in [4.69, 9.17) is 11.6 Å². The van der Waals surface area contributed by atoms with Crippen molar-refractivity contribution in [2.75, 3.05) is 31.6 Å². The van der Waals surface area contributed by atoms with E-state index in [9.17, 15) is 10.1 Å². The van der Waals surface area contributed by atoms with Gasteiger partial charge in [0, 0.05) is 38.1 Å². The summed E-state index contributed by atoms with van der Waals surface area (Å²) in [6.07, 6.45) is 2.08. The molecule has 1 aliphatic rings. The van der Waals surface area contributed by atoms with Crippen LogP contribution in [0.3, 0.4) is 0 Å². The molecular weight excluding hydrogens is 290 g/mol. The number of nitro groups is 1. The van der Waals surface area contributed by atoms with E-state index < -0.39 is 0 Å². The summed E-state index contributed by atoms with van der Waals surface area (Å²) in [5, 5.41) is 11.3. The van der Waals surface area contributed by atoms with Crippen LogP contribution in [0.15, 0.2) is 18.2 Å². The monoisotopic (exact) mass is 311 g/mol. The van der Waals surface area contributed by atoms with Gasteiger partial charge in [-0.1, -0.05) is 13.0 Å². The number of rotatable bonds is 5. The highest BCUT2D eigenvalue weighted by Crippen LogP contribution is 2.32. The second-order valence-electron chi connectivity index (χ2n) is 5.49. The number of piperidine rings is 1. The van der Waals surface area contributed by atoms with Gasteiger partial charge < -0.3 is 9.80 Å². The number of likely N-dealkylation sites (tertiary alicyclic amines) is 1. The lowest BCUT2D eigenvalue weighted by molar-refractivity contribution is -0.384. The van der Waals surface area contributed by atoms with Crippen molar-refractivity contribution in [2.45, 2.75) is 31.7 Å². The van der Waals surface area contributed by atoms with Gasteiger partial charge in [-0.3, -0.25) is 10.1 Å². The second-order valence-corrected chi connectivity index (χ2v) is 5.76. The van der Waals surface area contributed by atoms with Crippen molar-refractivity contribution in [3.05, 3.63) is 33.9 Å². The molecule has 1 fully saturated rings. The van der Waals surface area contributed by atoms with E-state index in [0.717, 1.165) is 38.0 Å². The number of hydrogen-bond acceptors (Lipinski definition) is 4. The smallest absolute Gasteiger partial charge is 0.292 e. The average Bonchev–Trinajstić information content (AvgIpc) is 2.53. The Bertz CT molecular complexity index is 502. The van der Waals surface area contributed by atoms with Crippen LogP contribution in [-0.2, 0) is 5.88 Å². The van der Waals surface area contributed by atoms with Gasteiger partial charge in [-0.15, -0.1) is 11.6 Å².